The van der Waals surface area contributed by atoms with Crippen LogP contribution in [0.2, 0.25) is 0 Å². The van der Waals surface area contributed by atoms with E-state index in [2.05, 4.69) is 39.2 Å². The van der Waals surface area contributed by atoms with Gasteiger partial charge in [0.25, 0.3) is 0 Å². The van der Waals surface area contributed by atoms with Crippen LogP contribution < -0.4 is 5.32 Å². The molecular weight excluding hydrogens is 356 g/mol. The Morgan fingerprint density at radius 2 is 2.15 bits per heavy atom. The normalized spacial score (nSPS) is 17.7. The summed E-state index contributed by atoms with van der Waals surface area (Å²) in [7, 11) is 0. The molecule has 2 aromatic heterocycles. The zero-order valence-electron chi connectivity index (χ0n) is 16.0. The third-order valence-electron chi connectivity index (χ3n) is 6.07. The molecule has 6 heteroatoms. The Morgan fingerprint density at radius 1 is 1.37 bits per heavy atom. The Bertz CT molecular complexity index is 898. The smallest absolute Gasteiger partial charge is 0.239 e. The zero-order valence-corrected chi connectivity index (χ0v) is 16.9. The molecule has 1 aliphatic carbocycles. The fraction of sp³-hybridized carbons (Fsp3) is 0.524. The first-order valence-corrected chi connectivity index (χ1v) is 10.7. The van der Waals surface area contributed by atoms with E-state index in [1.165, 1.54) is 23.3 Å². The summed E-state index contributed by atoms with van der Waals surface area (Å²) in [5, 5.41) is 14.9. The van der Waals surface area contributed by atoms with Gasteiger partial charge < -0.3 is 9.88 Å². The molecule has 0 unspecified atom stereocenters. The van der Waals surface area contributed by atoms with Crippen molar-refractivity contribution in [3.63, 3.8) is 0 Å². The van der Waals surface area contributed by atoms with Gasteiger partial charge in [0.05, 0.1) is 12.1 Å². The second-order valence-corrected chi connectivity index (χ2v) is 8.73. The molecule has 1 fully saturated rings. The van der Waals surface area contributed by atoms with Gasteiger partial charge in [-0.2, -0.15) is 5.26 Å². The zero-order chi connectivity index (χ0) is 19.0. The van der Waals surface area contributed by atoms with Gasteiger partial charge in [-0.3, -0.25) is 9.69 Å². The van der Waals surface area contributed by atoms with Crippen molar-refractivity contribution < 1.29 is 4.79 Å². The van der Waals surface area contributed by atoms with Gasteiger partial charge in [-0.1, -0.05) is 12.8 Å². The summed E-state index contributed by atoms with van der Waals surface area (Å²) in [5.41, 5.74) is 4.06. The van der Waals surface area contributed by atoms with Gasteiger partial charge in [-0.15, -0.1) is 11.3 Å². The minimum absolute atomic E-state index is 0.0260. The molecule has 1 N–H and O–H groups in total. The molecule has 4 rings (SSSR count). The second kappa shape index (κ2) is 7.49. The number of aromatic nitrogens is 1. The number of fused-ring (bicyclic) bond motifs is 1. The van der Waals surface area contributed by atoms with E-state index in [0.29, 0.717) is 24.0 Å². The molecule has 1 amide bonds. The van der Waals surface area contributed by atoms with Crippen molar-refractivity contribution in [2.75, 3.05) is 18.4 Å². The van der Waals surface area contributed by atoms with E-state index in [4.69, 9.17) is 0 Å². The van der Waals surface area contributed by atoms with Gasteiger partial charge in [0, 0.05) is 29.7 Å². The van der Waals surface area contributed by atoms with Crippen molar-refractivity contribution in [3.8, 4) is 6.07 Å². The Kier molecular flexibility index (Phi) is 5.07. The van der Waals surface area contributed by atoms with Crippen LogP contribution in [0.15, 0.2) is 11.4 Å². The lowest BCUT2D eigenvalue weighted by Crippen LogP contribution is -2.37. The molecule has 2 aliphatic rings. The lowest BCUT2D eigenvalue weighted by Gasteiger charge is -2.26. The molecule has 0 saturated heterocycles. The standard InChI is InChI=1S/C21H26N4OS/c1-14-15(2)25(17-5-3-4-6-17)21(18(14)11-22)23-20(26)13-24-9-7-19-16(12-24)8-10-27-19/h8,10,17H,3-7,9,12-13H2,1-2H3,(H,23,26). The van der Waals surface area contributed by atoms with Crippen molar-refractivity contribution in [2.24, 2.45) is 0 Å². The van der Waals surface area contributed by atoms with Crippen LogP contribution in [0.4, 0.5) is 5.82 Å². The van der Waals surface area contributed by atoms with Crippen molar-refractivity contribution in [1.82, 2.24) is 9.47 Å². The number of nitrogens with zero attached hydrogens (tertiary/aromatic N) is 3. The first-order valence-electron chi connectivity index (χ1n) is 9.77. The van der Waals surface area contributed by atoms with Crippen molar-refractivity contribution in [2.45, 2.75) is 58.5 Å². The summed E-state index contributed by atoms with van der Waals surface area (Å²) in [6.07, 6.45) is 5.69. The van der Waals surface area contributed by atoms with Crippen LogP contribution in [0.1, 0.15) is 59.0 Å². The van der Waals surface area contributed by atoms with Crippen LogP contribution in [0, 0.1) is 25.2 Å². The Morgan fingerprint density at radius 3 is 2.89 bits per heavy atom. The summed E-state index contributed by atoms with van der Waals surface area (Å²) in [4.78, 5) is 16.5. The van der Waals surface area contributed by atoms with Crippen LogP contribution in [-0.2, 0) is 17.8 Å². The Hall–Kier alpha value is -2.10. The van der Waals surface area contributed by atoms with Crippen LogP contribution in [-0.4, -0.2) is 28.5 Å². The number of hydrogen-bond donors (Lipinski definition) is 1. The number of rotatable bonds is 4. The highest BCUT2D eigenvalue weighted by Crippen LogP contribution is 2.37. The molecule has 3 heterocycles. The average Bonchev–Trinajstić information content (AvgIpc) is 3.36. The van der Waals surface area contributed by atoms with E-state index in [0.717, 1.165) is 43.6 Å². The SMILES string of the molecule is Cc1c(C#N)c(NC(=O)CN2CCc3sccc3C2)n(C2CCCC2)c1C. The topological polar surface area (TPSA) is 61.1 Å². The largest absolute Gasteiger partial charge is 0.327 e. The summed E-state index contributed by atoms with van der Waals surface area (Å²) in [5.74, 6) is 0.680. The highest BCUT2D eigenvalue weighted by atomic mass is 32.1. The highest BCUT2D eigenvalue weighted by molar-refractivity contribution is 7.10. The third-order valence-corrected chi connectivity index (χ3v) is 7.09. The average molecular weight is 383 g/mol. The van der Waals surface area contributed by atoms with Crippen molar-refractivity contribution in [1.29, 1.82) is 5.26 Å². The van der Waals surface area contributed by atoms with Crippen LogP contribution >= 0.6 is 11.3 Å². The monoisotopic (exact) mass is 382 g/mol. The van der Waals surface area contributed by atoms with Crippen molar-refractivity contribution in [3.05, 3.63) is 38.7 Å². The highest BCUT2D eigenvalue weighted by Gasteiger charge is 2.27. The first-order chi connectivity index (χ1) is 13.1. The van der Waals surface area contributed by atoms with Crippen LogP contribution in [0.5, 0.6) is 0 Å². The van der Waals surface area contributed by atoms with E-state index >= 15 is 0 Å². The molecule has 2 aromatic rings. The molecule has 0 bridgehead atoms. The Labute approximate surface area is 164 Å². The summed E-state index contributed by atoms with van der Waals surface area (Å²) < 4.78 is 2.21. The number of carbonyl (C=O) groups is 1. The van der Waals surface area contributed by atoms with Crippen LogP contribution in [0.25, 0.3) is 0 Å². The molecule has 1 aliphatic heterocycles. The lowest BCUT2D eigenvalue weighted by atomic mass is 10.1. The van der Waals surface area contributed by atoms with Gasteiger partial charge in [0.15, 0.2) is 0 Å². The molecule has 142 valence electrons. The van der Waals surface area contributed by atoms with Gasteiger partial charge in [-0.05, 0) is 55.7 Å². The summed E-state index contributed by atoms with van der Waals surface area (Å²) in [6.45, 7) is 6.16. The number of thiophene rings is 1. The molecule has 0 spiro atoms. The predicted molar refractivity (Wildman–Crippen MR) is 108 cm³/mol. The molecule has 27 heavy (non-hydrogen) atoms. The van der Waals surface area contributed by atoms with E-state index in [1.54, 1.807) is 0 Å². The van der Waals surface area contributed by atoms with Crippen LogP contribution in [0.3, 0.4) is 0 Å². The van der Waals surface area contributed by atoms with E-state index in [1.807, 2.05) is 18.3 Å². The van der Waals surface area contributed by atoms with Gasteiger partial charge >= 0.3 is 0 Å². The molecule has 0 atom stereocenters. The van der Waals surface area contributed by atoms with E-state index in [-0.39, 0.29) is 5.91 Å². The molecule has 0 radical (unpaired) electrons. The summed E-state index contributed by atoms with van der Waals surface area (Å²) >= 11 is 1.81. The van der Waals surface area contributed by atoms with Gasteiger partial charge in [0.1, 0.15) is 11.9 Å². The molecule has 0 aromatic carbocycles. The van der Waals surface area contributed by atoms with Gasteiger partial charge in [-0.25, -0.2) is 0 Å². The first kappa shape index (κ1) is 18.3. The number of amides is 1. The fourth-order valence-electron chi connectivity index (χ4n) is 4.52. The maximum absolute atomic E-state index is 12.8. The number of hydrogen-bond acceptors (Lipinski definition) is 4. The maximum Gasteiger partial charge on any atom is 0.239 e. The summed E-state index contributed by atoms with van der Waals surface area (Å²) in [6, 6.07) is 4.87. The van der Waals surface area contributed by atoms with E-state index < -0.39 is 0 Å². The Balaban J connectivity index is 1.52. The predicted octanol–water partition coefficient (Wildman–Crippen LogP) is 4.15. The minimum Gasteiger partial charge on any atom is -0.327 e. The fourth-order valence-corrected chi connectivity index (χ4v) is 5.41. The number of carbonyl (C=O) groups excluding carboxylic acids is 1. The minimum atomic E-state index is -0.0260. The third kappa shape index (κ3) is 3.42. The van der Waals surface area contributed by atoms with Crippen molar-refractivity contribution >= 4 is 23.1 Å². The lowest BCUT2D eigenvalue weighted by molar-refractivity contribution is -0.117. The molecular formula is C21H26N4OS. The molecule has 1 saturated carbocycles. The quantitative estimate of drug-likeness (QED) is 0.864. The van der Waals surface area contributed by atoms with Gasteiger partial charge in [0.2, 0.25) is 5.91 Å². The van der Waals surface area contributed by atoms with E-state index in [9.17, 15) is 10.1 Å². The number of nitrogens with one attached hydrogen (secondary N) is 1. The second-order valence-electron chi connectivity index (χ2n) is 7.73. The maximum atomic E-state index is 12.8. The number of nitriles is 1. The number of anilines is 1. The molecule has 5 nitrogen and oxygen atoms in total.